The van der Waals surface area contributed by atoms with Crippen LogP contribution in [0.25, 0.3) is 6.08 Å². The van der Waals surface area contributed by atoms with Crippen LogP contribution < -0.4 is 16.0 Å². The molecule has 0 saturated carbocycles. The molecule has 0 unspecified atom stereocenters. The summed E-state index contributed by atoms with van der Waals surface area (Å²) in [5.74, 6) is -1.26. The molecule has 0 spiro atoms. The van der Waals surface area contributed by atoms with Gasteiger partial charge in [-0.1, -0.05) is 60.7 Å². The van der Waals surface area contributed by atoms with Crippen molar-refractivity contribution in [1.29, 1.82) is 5.26 Å². The molecule has 1 aliphatic heterocycles. The summed E-state index contributed by atoms with van der Waals surface area (Å²) >= 11 is 0. The average Bonchev–Trinajstić information content (AvgIpc) is 2.84. The second kappa shape index (κ2) is 12.2. The molecular formula is C26H28N4O3. The van der Waals surface area contributed by atoms with Gasteiger partial charge >= 0.3 is 0 Å². The van der Waals surface area contributed by atoms with Crippen LogP contribution in [0.3, 0.4) is 0 Å². The Morgan fingerprint density at radius 2 is 1.79 bits per heavy atom. The number of nitrogens with one attached hydrogen (secondary N) is 3. The average molecular weight is 445 g/mol. The smallest absolute Gasteiger partial charge is 0.244 e. The molecule has 1 fully saturated rings. The molecule has 0 aliphatic carbocycles. The Morgan fingerprint density at radius 3 is 2.45 bits per heavy atom. The molecule has 1 heterocycles. The Kier molecular flexibility index (Phi) is 8.78. The molecule has 3 rings (SSSR count). The maximum Gasteiger partial charge on any atom is 0.244 e. The third-order valence-electron chi connectivity index (χ3n) is 5.53. The van der Waals surface area contributed by atoms with Gasteiger partial charge in [0.2, 0.25) is 17.7 Å². The zero-order chi connectivity index (χ0) is 23.5. The maximum atomic E-state index is 13.0. The van der Waals surface area contributed by atoms with Crippen molar-refractivity contribution in [2.24, 2.45) is 5.92 Å². The lowest BCUT2D eigenvalue weighted by molar-refractivity contribution is -0.129. The highest BCUT2D eigenvalue weighted by molar-refractivity contribution is 5.95. The fourth-order valence-electron chi connectivity index (χ4n) is 3.78. The van der Waals surface area contributed by atoms with E-state index in [9.17, 15) is 19.6 Å². The molecular weight excluding hydrogens is 416 g/mol. The van der Waals surface area contributed by atoms with Gasteiger partial charge in [0.1, 0.15) is 12.1 Å². The van der Waals surface area contributed by atoms with Crippen molar-refractivity contribution in [3.63, 3.8) is 0 Å². The quantitative estimate of drug-likeness (QED) is 0.516. The summed E-state index contributed by atoms with van der Waals surface area (Å²) in [6.07, 6.45) is 5.12. The highest BCUT2D eigenvalue weighted by atomic mass is 16.2. The van der Waals surface area contributed by atoms with Gasteiger partial charge in [-0.2, -0.15) is 5.26 Å². The molecule has 0 radical (unpaired) electrons. The molecule has 0 bridgehead atoms. The molecule has 3 atom stereocenters. The lowest BCUT2D eigenvalue weighted by Gasteiger charge is -2.25. The molecule has 2 aromatic rings. The molecule has 0 aromatic heterocycles. The molecule has 1 aliphatic rings. The zero-order valence-corrected chi connectivity index (χ0v) is 18.4. The maximum absolute atomic E-state index is 13.0. The summed E-state index contributed by atoms with van der Waals surface area (Å²) in [7, 11) is 0. The van der Waals surface area contributed by atoms with Crippen molar-refractivity contribution < 1.29 is 14.4 Å². The minimum Gasteiger partial charge on any atom is -0.356 e. The molecule has 3 N–H and O–H groups in total. The number of nitrogens with zero attached hydrogens (tertiary/aromatic N) is 1. The first-order valence-electron chi connectivity index (χ1n) is 11.1. The largest absolute Gasteiger partial charge is 0.356 e. The molecule has 2 aromatic carbocycles. The second-order valence-electron chi connectivity index (χ2n) is 8.05. The SMILES string of the molecule is N#C[C@H](C[C@@H]1CCCNC1=O)NC(=O)[C@H](Cc1ccccc1)NC(=O)/C=C/c1ccccc1. The molecule has 3 amide bonds. The van der Waals surface area contributed by atoms with Crippen molar-refractivity contribution in [2.75, 3.05) is 6.54 Å². The lowest BCUT2D eigenvalue weighted by Crippen LogP contribution is -2.51. The van der Waals surface area contributed by atoms with Gasteiger partial charge in [0.15, 0.2) is 0 Å². The predicted octanol–water partition coefficient (Wildman–Crippen LogP) is 2.35. The first kappa shape index (κ1) is 23.7. The summed E-state index contributed by atoms with van der Waals surface area (Å²) in [6.45, 7) is 0.639. The van der Waals surface area contributed by atoms with E-state index in [4.69, 9.17) is 0 Å². The van der Waals surface area contributed by atoms with Crippen LogP contribution >= 0.6 is 0 Å². The topological polar surface area (TPSA) is 111 Å². The van der Waals surface area contributed by atoms with Gasteiger partial charge in [-0.15, -0.1) is 0 Å². The fourth-order valence-corrected chi connectivity index (χ4v) is 3.78. The monoisotopic (exact) mass is 444 g/mol. The highest BCUT2D eigenvalue weighted by Crippen LogP contribution is 2.17. The van der Waals surface area contributed by atoms with E-state index in [2.05, 4.69) is 22.0 Å². The highest BCUT2D eigenvalue weighted by Gasteiger charge is 2.28. The number of carbonyl (C=O) groups excluding carboxylic acids is 3. The van der Waals surface area contributed by atoms with Gasteiger partial charge in [0.25, 0.3) is 0 Å². The summed E-state index contributed by atoms with van der Waals surface area (Å²) in [4.78, 5) is 37.6. The summed E-state index contributed by atoms with van der Waals surface area (Å²) in [6, 6.07) is 19.1. The number of amides is 3. The Balaban J connectivity index is 1.67. The second-order valence-corrected chi connectivity index (χ2v) is 8.05. The fraction of sp³-hybridized carbons (Fsp3) is 0.308. The van der Waals surface area contributed by atoms with E-state index >= 15 is 0 Å². The van der Waals surface area contributed by atoms with Gasteiger partial charge in [-0.05, 0) is 36.5 Å². The molecule has 1 saturated heterocycles. The number of carbonyl (C=O) groups is 3. The van der Waals surface area contributed by atoms with E-state index < -0.39 is 23.9 Å². The van der Waals surface area contributed by atoms with E-state index in [0.29, 0.717) is 13.0 Å². The standard InChI is InChI=1S/C26H28N4O3/c27-18-22(17-21-12-7-15-28-25(21)32)29-26(33)23(16-20-10-5-2-6-11-20)30-24(31)14-13-19-8-3-1-4-9-19/h1-6,8-11,13-14,21-23H,7,12,15-17H2,(H,28,32)(H,29,33)(H,30,31)/b14-13+/t21-,22-,23-/m0/s1. The minimum absolute atomic E-state index is 0.0871. The van der Waals surface area contributed by atoms with Crippen LogP contribution in [0.1, 0.15) is 30.4 Å². The summed E-state index contributed by atoms with van der Waals surface area (Å²) in [5.41, 5.74) is 1.75. The van der Waals surface area contributed by atoms with Crippen molar-refractivity contribution in [3.05, 3.63) is 77.9 Å². The van der Waals surface area contributed by atoms with Crippen molar-refractivity contribution in [3.8, 4) is 6.07 Å². The number of benzene rings is 2. The Morgan fingerprint density at radius 1 is 1.09 bits per heavy atom. The Labute approximate surface area is 193 Å². The van der Waals surface area contributed by atoms with Gasteiger partial charge in [0, 0.05) is 25.0 Å². The van der Waals surface area contributed by atoms with Crippen LogP contribution in [0.2, 0.25) is 0 Å². The van der Waals surface area contributed by atoms with E-state index in [1.54, 1.807) is 6.08 Å². The zero-order valence-electron chi connectivity index (χ0n) is 18.4. The summed E-state index contributed by atoms with van der Waals surface area (Å²) < 4.78 is 0. The minimum atomic E-state index is -0.864. The summed E-state index contributed by atoms with van der Waals surface area (Å²) in [5, 5.41) is 17.8. The first-order valence-corrected chi connectivity index (χ1v) is 11.1. The van der Waals surface area contributed by atoms with E-state index in [-0.39, 0.29) is 24.7 Å². The third kappa shape index (κ3) is 7.62. The number of hydrogen-bond acceptors (Lipinski definition) is 4. The lowest BCUT2D eigenvalue weighted by atomic mass is 9.92. The number of rotatable bonds is 9. The normalized spacial score (nSPS) is 17.4. The van der Waals surface area contributed by atoms with Crippen LogP contribution in [-0.2, 0) is 20.8 Å². The number of nitriles is 1. The molecule has 170 valence electrons. The van der Waals surface area contributed by atoms with Gasteiger partial charge < -0.3 is 16.0 Å². The van der Waals surface area contributed by atoms with E-state index in [1.165, 1.54) is 6.08 Å². The molecule has 7 nitrogen and oxygen atoms in total. The van der Waals surface area contributed by atoms with Gasteiger partial charge in [-0.3, -0.25) is 14.4 Å². The van der Waals surface area contributed by atoms with Crippen molar-refractivity contribution >= 4 is 23.8 Å². The third-order valence-corrected chi connectivity index (χ3v) is 5.53. The molecule has 7 heteroatoms. The van der Waals surface area contributed by atoms with E-state index in [1.807, 2.05) is 60.7 Å². The molecule has 33 heavy (non-hydrogen) atoms. The first-order chi connectivity index (χ1) is 16.0. The Hall–Kier alpha value is -3.92. The van der Waals surface area contributed by atoms with Gasteiger partial charge in [-0.25, -0.2) is 0 Å². The van der Waals surface area contributed by atoms with Crippen molar-refractivity contribution in [1.82, 2.24) is 16.0 Å². The Bertz CT molecular complexity index is 1010. The van der Waals surface area contributed by atoms with Crippen LogP contribution in [0.5, 0.6) is 0 Å². The van der Waals surface area contributed by atoms with Crippen molar-refractivity contribution in [2.45, 2.75) is 37.8 Å². The predicted molar refractivity (Wildman–Crippen MR) is 125 cm³/mol. The van der Waals surface area contributed by atoms with Crippen LogP contribution in [0.4, 0.5) is 0 Å². The van der Waals surface area contributed by atoms with E-state index in [0.717, 1.165) is 17.5 Å². The van der Waals surface area contributed by atoms with Crippen LogP contribution in [-0.4, -0.2) is 36.3 Å². The van der Waals surface area contributed by atoms with Crippen LogP contribution in [0.15, 0.2) is 66.7 Å². The number of piperidine rings is 1. The number of hydrogen-bond donors (Lipinski definition) is 3. The van der Waals surface area contributed by atoms with Gasteiger partial charge in [0.05, 0.1) is 6.07 Å². The van der Waals surface area contributed by atoms with Crippen LogP contribution in [0, 0.1) is 17.2 Å².